The van der Waals surface area contributed by atoms with Crippen LogP contribution in [0, 0.1) is 5.82 Å². The van der Waals surface area contributed by atoms with Gasteiger partial charge in [0, 0.05) is 0 Å². The fourth-order valence-electron chi connectivity index (χ4n) is 2.01. The number of imidazole rings is 1. The summed E-state index contributed by atoms with van der Waals surface area (Å²) in [5.41, 5.74) is 2.27. The molecule has 0 fully saturated rings. The summed E-state index contributed by atoms with van der Waals surface area (Å²) in [5.74, 6) is -0.313. The van der Waals surface area contributed by atoms with Crippen molar-refractivity contribution in [2.75, 3.05) is 0 Å². The lowest BCUT2D eigenvalue weighted by Gasteiger charge is -2.13. The van der Waals surface area contributed by atoms with E-state index in [0.717, 1.165) is 5.52 Å². The number of aliphatic hydroxyl groups excluding tert-OH is 1. The maximum atomic E-state index is 12.9. The lowest BCUT2D eigenvalue weighted by atomic mass is 10.1. The Kier molecular flexibility index (Phi) is 2.57. The summed E-state index contributed by atoms with van der Waals surface area (Å²) >= 11 is 0. The standard InChI is InChI=1S/C14H11FN2O/c15-11-6-4-10(5-7-11)14(18)13-3-1-2-12-8-16-9-17(12)13/h1-9,14,18H. The van der Waals surface area contributed by atoms with Crippen molar-refractivity contribution in [1.29, 1.82) is 0 Å². The molecular formula is C14H11FN2O. The Morgan fingerprint density at radius 1 is 1.11 bits per heavy atom. The third kappa shape index (κ3) is 1.76. The monoisotopic (exact) mass is 242 g/mol. The van der Waals surface area contributed by atoms with Crippen molar-refractivity contribution in [3.05, 3.63) is 72.1 Å². The molecule has 3 rings (SSSR count). The zero-order valence-electron chi connectivity index (χ0n) is 9.49. The average Bonchev–Trinajstić information content (AvgIpc) is 2.87. The molecular weight excluding hydrogens is 231 g/mol. The molecule has 2 aromatic heterocycles. The predicted molar refractivity (Wildman–Crippen MR) is 65.7 cm³/mol. The molecule has 3 nitrogen and oxygen atoms in total. The number of aliphatic hydroxyl groups is 1. The molecule has 1 N–H and O–H groups in total. The third-order valence-corrected chi connectivity index (χ3v) is 2.95. The number of halogens is 1. The van der Waals surface area contributed by atoms with E-state index in [1.807, 2.05) is 22.6 Å². The van der Waals surface area contributed by atoms with Gasteiger partial charge in [-0.25, -0.2) is 9.37 Å². The van der Waals surface area contributed by atoms with E-state index in [4.69, 9.17) is 0 Å². The minimum absolute atomic E-state index is 0.313. The topological polar surface area (TPSA) is 37.5 Å². The maximum absolute atomic E-state index is 12.9. The summed E-state index contributed by atoms with van der Waals surface area (Å²) in [6.07, 6.45) is 2.57. The first kappa shape index (κ1) is 10.9. The van der Waals surface area contributed by atoms with Gasteiger partial charge in [-0.2, -0.15) is 0 Å². The lowest BCUT2D eigenvalue weighted by Crippen LogP contribution is -2.05. The SMILES string of the molecule is OC(c1ccc(F)cc1)c1cccc2cncn12. The first-order valence-electron chi connectivity index (χ1n) is 5.60. The number of pyridine rings is 1. The van der Waals surface area contributed by atoms with Crippen molar-refractivity contribution >= 4 is 5.52 Å². The molecule has 0 aliphatic heterocycles. The zero-order chi connectivity index (χ0) is 12.5. The summed E-state index contributed by atoms with van der Waals surface area (Å²) in [4.78, 5) is 4.04. The van der Waals surface area contributed by atoms with Crippen LogP contribution in [0.2, 0.25) is 0 Å². The molecule has 1 atom stereocenters. The van der Waals surface area contributed by atoms with Gasteiger partial charge in [-0.1, -0.05) is 18.2 Å². The fraction of sp³-hybridized carbons (Fsp3) is 0.0714. The minimum Gasteiger partial charge on any atom is -0.382 e. The quantitative estimate of drug-likeness (QED) is 0.750. The molecule has 0 saturated carbocycles. The molecule has 4 heteroatoms. The van der Waals surface area contributed by atoms with Gasteiger partial charge in [0.1, 0.15) is 11.9 Å². The van der Waals surface area contributed by atoms with Crippen LogP contribution in [0.3, 0.4) is 0 Å². The van der Waals surface area contributed by atoms with Gasteiger partial charge in [0.2, 0.25) is 0 Å². The number of aromatic nitrogens is 2. The average molecular weight is 242 g/mol. The Bertz CT molecular complexity index is 676. The van der Waals surface area contributed by atoms with Gasteiger partial charge >= 0.3 is 0 Å². The highest BCUT2D eigenvalue weighted by atomic mass is 19.1. The molecule has 0 saturated heterocycles. The predicted octanol–water partition coefficient (Wildman–Crippen LogP) is 2.56. The zero-order valence-corrected chi connectivity index (χ0v) is 9.49. The lowest BCUT2D eigenvalue weighted by molar-refractivity contribution is 0.213. The number of hydrogen-bond donors (Lipinski definition) is 1. The van der Waals surface area contributed by atoms with Crippen molar-refractivity contribution in [1.82, 2.24) is 9.38 Å². The Morgan fingerprint density at radius 2 is 1.89 bits per heavy atom. The molecule has 0 amide bonds. The van der Waals surface area contributed by atoms with Gasteiger partial charge in [-0.05, 0) is 29.8 Å². The first-order valence-corrected chi connectivity index (χ1v) is 5.60. The van der Waals surface area contributed by atoms with Crippen molar-refractivity contribution in [3.8, 4) is 0 Å². The number of fused-ring (bicyclic) bond motifs is 1. The molecule has 1 unspecified atom stereocenters. The third-order valence-electron chi connectivity index (χ3n) is 2.95. The van der Waals surface area contributed by atoms with E-state index in [1.54, 1.807) is 24.7 Å². The molecule has 0 aliphatic rings. The van der Waals surface area contributed by atoms with Gasteiger partial charge in [-0.15, -0.1) is 0 Å². The fourth-order valence-corrected chi connectivity index (χ4v) is 2.01. The minimum atomic E-state index is -0.802. The van der Waals surface area contributed by atoms with Gasteiger partial charge < -0.3 is 9.51 Å². The van der Waals surface area contributed by atoms with Crippen LogP contribution in [-0.2, 0) is 0 Å². The Hall–Kier alpha value is -2.20. The van der Waals surface area contributed by atoms with E-state index < -0.39 is 6.10 Å². The highest BCUT2D eigenvalue weighted by molar-refractivity contribution is 5.47. The smallest absolute Gasteiger partial charge is 0.123 e. The number of benzene rings is 1. The van der Waals surface area contributed by atoms with Gasteiger partial charge in [0.05, 0.1) is 23.7 Å². The van der Waals surface area contributed by atoms with E-state index >= 15 is 0 Å². The molecule has 3 aromatic rings. The number of rotatable bonds is 2. The van der Waals surface area contributed by atoms with Crippen LogP contribution < -0.4 is 0 Å². The van der Waals surface area contributed by atoms with E-state index in [-0.39, 0.29) is 5.82 Å². The number of hydrogen-bond acceptors (Lipinski definition) is 2. The normalized spacial score (nSPS) is 12.8. The van der Waals surface area contributed by atoms with E-state index in [0.29, 0.717) is 11.3 Å². The molecule has 0 aliphatic carbocycles. The molecule has 0 bridgehead atoms. The molecule has 0 spiro atoms. The van der Waals surface area contributed by atoms with Crippen LogP contribution >= 0.6 is 0 Å². The second-order valence-corrected chi connectivity index (χ2v) is 4.09. The second-order valence-electron chi connectivity index (χ2n) is 4.09. The van der Waals surface area contributed by atoms with Crippen LogP contribution in [0.1, 0.15) is 17.4 Å². The number of nitrogens with zero attached hydrogens (tertiary/aromatic N) is 2. The maximum Gasteiger partial charge on any atom is 0.123 e. The van der Waals surface area contributed by atoms with Crippen LogP contribution in [0.25, 0.3) is 5.52 Å². The van der Waals surface area contributed by atoms with Gasteiger partial charge in [0.25, 0.3) is 0 Å². The largest absolute Gasteiger partial charge is 0.382 e. The van der Waals surface area contributed by atoms with E-state index in [2.05, 4.69) is 4.98 Å². The van der Waals surface area contributed by atoms with Crippen LogP contribution in [0.5, 0.6) is 0 Å². The highest BCUT2D eigenvalue weighted by Gasteiger charge is 2.13. The van der Waals surface area contributed by atoms with E-state index in [1.165, 1.54) is 12.1 Å². The van der Waals surface area contributed by atoms with Crippen LogP contribution in [-0.4, -0.2) is 14.5 Å². The van der Waals surface area contributed by atoms with Crippen LogP contribution in [0.15, 0.2) is 55.0 Å². The van der Waals surface area contributed by atoms with Crippen molar-refractivity contribution in [2.24, 2.45) is 0 Å². The summed E-state index contributed by atoms with van der Waals surface area (Å²) in [7, 11) is 0. The Balaban J connectivity index is 2.08. The summed E-state index contributed by atoms with van der Waals surface area (Å²) in [6, 6.07) is 11.4. The highest BCUT2D eigenvalue weighted by Crippen LogP contribution is 2.22. The second kappa shape index (κ2) is 4.23. The Morgan fingerprint density at radius 3 is 2.67 bits per heavy atom. The van der Waals surface area contributed by atoms with Crippen molar-refractivity contribution in [3.63, 3.8) is 0 Å². The van der Waals surface area contributed by atoms with Crippen molar-refractivity contribution < 1.29 is 9.50 Å². The molecule has 0 radical (unpaired) electrons. The summed E-state index contributed by atoms with van der Waals surface area (Å²) in [5, 5.41) is 10.3. The molecule has 2 heterocycles. The van der Waals surface area contributed by atoms with E-state index in [9.17, 15) is 9.50 Å². The van der Waals surface area contributed by atoms with Crippen LogP contribution in [0.4, 0.5) is 4.39 Å². The molecule has 1 aromatic carbocycles. The van der Waals surface area contributed by atoms with Crippen molar-refractivity contribution in [2.45, 2.75) is 6.10 Å². The molecule has 18 heavy (non-hydrogen) atoms. The summed E-state index contributed by atoms with van der Waals surface area (Å²) in [6.45, 7) is 0. The summed E-state index contributed by atoms with van der Waals surface area (Å²) < 4.78 is 14.7. The molecule has 90 valence electrons. The van der Waals surface area contributed by atoms with Gasteiger partial charge in [0.15, 0.2) is 0 Å². The van der Waals surface area contributed by atoms with Gasteiger partial charge in [-0.3, -0.25) is 0 Å². The first-order chi connectivity index (χ1) is 8.75. The Labute approximate surface area is 103 Å².